The molecule has 0 aliphatic rings. The van der Waals surface area contributed by atoms with E-state index >= 15 is 0 Å². The van der Waals surface area contributed by atoms with Crippen molar-refractivity contribution in [1.29, 1.82) is 0 Å². The van der Waals surface area contributed by atoms with Gasteiger partial charge in [-0.25, -0.2) is 0 Å². The van der Waals surface area contributed by atoms with E-state index in [1.807, 2.05) is 0 Å². The van der Waals surface area contributed by atoms with E-state index in [9.17, 15) is 13.2 Å². The molecule has 5 N–H and O–H groups in total. The Bertz CT molecular complexity index is 526. The number of hydrogen-bond donors (Lipinski definition) is 4. The average molecular weight is 260 g/mol. The fraction of sp³-hybridized carbons (Fsp3) is 0.222. The van der Waals surface area contributed by atoms with E-state index in [0.29, 0.717) is 0 Å². The quantitative estimate of drug-likeness (QED) is 0.445. The van der Waals surface area contributed by atoms with Gasteiger partial charge in [0.05, 0.1) is 17.8 Å². The molecule has 0 saturated carbocycles. The van der Waals surface area contributed by atoms with Crippen molar-refractivity contribution >= 4 is 27.5 Å². The largest absolute Gasteiger partial charge is 0.481 e. The number of anilines is 2. The number of rotatable bonds is 5. The third kappa shape index (κ3) is 3.61. The smallest absolute Gasteiger partial charge is 0.305 e. The predicted molar refractivity (Wildman–Crippen MR) is 61.4 cm³/mol. The van der Waals surface area contributed by atoms with Gasteiger partial charge in [-0.05, 0) is 12.1 Å². The number of aliphatic carboxylic acids is 1. The molecule has 0 spiro atoms. The lowest BCUT2D eigenvalue weighted by Crippen LogP contribution is -2.12. The van der Waals surface area contributed by atoms with Crippen LogP contribution in [-0.2, 0) is 14.9 Å². The van der Waals surface area contributed by atoms with Crippen LogP contribution in [0.4, 0.5) is 11.4 Å². The molecular weight excluding hydrogens is 248 g/mol. The Hall–Kier alpha value is -1.80. The molecule has 0 fully saturated rings. The van der Waals surface area contributed by atoms with E-state index in [0.717, 1.165) is 0 Å². The molecule has 94 valence electrons. The summed E-state index contributed by atoms with van der Waals surface area (Å²) in [7, 11) is -4.40. The van der Waals surface area contributed by atoms with E-state index in [4.69, 9.17) is 15.4 Å². The van der Waals surface area contributed by atoms with Gasteiger partial charge in [-0.15, -0.1) is 0 Å². The third-order valence-electron chi connectivity index (χ3n) is 1.98. The van der Waals surface area contributed by atoms with E-state index in [2.05, 4.69) is 5.32 Å². The molecule has 0 bridgehead atoms. The van der Waals surface area contributed by atoms with Gasteiger partial charge in [0, 0.05) is 6.54 Å². The van der Waals surface area contributed by atoms with Crippen molar-refractivity contribution in [2.75, 3.05) is 17.6 Å². The zero-order chi connectivity index (χ0) is 13.1. The monoisotopic (exact) mass is 260 g/mol. The van der Waals surface area contributed by atoms with Crippen LogP contribution in [0.5, 0.6) is 0 Å². The number of para-hydroxylation sites is 1. The van der Waals surface area contributed by atoms with E-state index in [1.54, 1.807) is 0 Å². The summed E-state index contributed by atoms with van der Waals surface area (Å²) in [5.74, 6) is -1.03. The molecule has 1 aromatic carbocycles. The third-order valence-corrected chi connectivity index (χ3v) is 2.87. The van der Waals surface area contributed by atoms with Crippen LogP contribution in [0.15, 0.2) is 23.1 Å². The summed E-state index contributed by atoms with van der Waals surface area (Å²) in [4.78, 5) is 9.95. The van der Waals surface area contributed by atoms with Gasteiger partial charge < -0.3 is 16.2 Å². The maximum Gasteiger partial charge on any atom is 0.305 e. The van der Waals surface area contributed by atoms with E-state index in [1.165, 1.54) is 18.2 Å². The lowest BCUT2D eigenvalue weighted by molar-refractivity contribution is -0.136. The molecule has 0 atom stereocenters. The van der Waals surface area contributed by atoms with Crippen LogP contribution >= 0.6 is 0 Å². The fourth-order valence-electron chi connectivity index (χ4n) is 1.25. The summed E-state index contributed by atoms with van der Waals surface area (Å²) in [5.41, 5.74) is 5.68. The second-order valence-electron chi connectivity index (χ2n) is 3.27. The van der Waals surface area contributed by atoms with Crippen LogP contribution in [-0.4, -0.2) is 30.6 Å². The summed E-state index contributed by atoms with van der Waals surface area (Å²) in [6, 6.07) is 3.99. The van der Waals surface area contributed by atoms with Crippen LogP contribution < -0.4 is 11.1 Å². The average Bonchev–Trinajstić information content (AvgIpc) is 2.18. The number of carboxylic acids is 1. The van der Waals surface area contributed by atoms with Crippen molar-refractivity contribution in [3.8, 4) is 0 Å². The number of nitrogen functional groups attached to an aromatic ring is 1. The lowest BCUT2D eigenvalue weighted by atomic mass is 10.2. The molecule has 0 heterocycles. The summed E-state index contributed by atoms with van der Waals surface area (Å²) in [6.45, 7) is 0.00602. The van der Waals surface area contributed by atoms with Gasteiger partial charge >= 0.3 is 5.97 Å². The Morgan fingerprint density at radius 3 is 2.59 bits per heavy atom. The van der Waals surface area contributed by atoms with Crippen LogP contribution in [0.1, 0.15) is 6.42 Å². The number of carboxylic acid groups (broad SMARTS) is 1. The molecular formula is C9H12N2O5S. The first-order valence-electron chi connectivity index (χ1n) is 4.64. The summed E-state index contributed by atoms with van der Waals surface area (Å²) >= 11 is 0. The molecule has 0 unspecified atom stereocenters. The molecule has 1 aromatic rings. The summed E-state index contributed by atoms with van der Waals surface area (Å²) in [6.07, 6.45) is -0.195. The maximum atomic E-state index is 11.0. The first kappa shape index (κ1) is 13.3. The molecule has 1 rings (SSSR count). The zero-order valence-electron chi connectivity index (χ0n) is 8.75. The molecule has 0 aliphatic heterocycles. The van der Waals surface area contributed by atoms with Crippen molar-refractivity contribution in [2.45, 2.75) is 11.3 Å². The van der Waals surface area contributed by atoms with Gasteiger partial charge in [-0.1, -0.05) is 6.07 Å². The van der Waals surface area contributed by atoms with Gasteiger partial charge in [-0.3, -0.25) is 9.35 Å². The van der Waals surface area contributed by atoms with Crippen LogP contribution in [0.2, 0.25) is 0 Å². The molecule has 0 aliphatic carbocycles. The molecule has 7 nitrogen and oxygen atoms in total. The first-order valence-corrected chi connectivity index (χ1v) is 6.08. The highest BCUT2D eigenvalue weighted by molar-refractivity contribution is 7.86. The Morgan fingerprint density at radius 2 is 2.06 bits per heavy atom. The normalized spacial score (nSPS) is 11.1. The van der Waals surface area contributed by atoms with Crippen molar-refractivity contribution in [1.82, 2.24) is 0 Å². The van der Waals surface area contributed by atoms with Gasteiger partial charge in [-0.2, -0.15) is 8.42 Å². The number of benzene rings is 1. The Balaban J connectivity index is 3.01. The minimum atomic E-state index is -4.40. The van der Waals surface area contributed by atoms with Crippen LogP contribution in [0.3, 0.4) is 0 Å². The van der Waals surface area contributed by atoms with Crippen molar-refractivity contribution in [3.63, 3.8) is 0 Å². The highest BCUT2D eigenvalue weighted by atomic mass is 32.2. The Kier molecular flexibility index (Phi) is 3.92. The standard InChI is InChI=1S/C9H12N2O5S/c10-6-2-1-3-7(17(14,15)16)9(6)11-5-4-8(12)13/h1-3,11H,4-5,10H2,(H,12,13)(H,14,15,16). The molecule has 0 aromatic heterocycles. The highest BCUT2D eigenvalue weighted by Crippen LogP contribution is 2.27. The number of nitrogens with one attached hydrogen (secondary N) is 1. The molecule has 0 saturated heterocycles. The van der Waals surface area contributed by atoms with E-state index in [-0.39, 0.29) is 29.2 Å². The van der Waals surface area contributed by atoms with Crippen LogP contribution in [0, 0.1) is 0 Å². The summed E-state index contributed by atoms with van der Waals surface area (Å²) in [5, 5.41) is 11.0. The van der Waals surface area contributed by atoms with Gasteiger partial charge in [0.25, 0.3) is 10.1 Å². The second kappa shape index (κ2) is 5.02. The molecule has 0 radical (unpaired) electrons. The summed E-state index contributed by atoms with van der Waals surface area (Å²) < 4.78 is 31.1. The second-order valence-corrected chi connectivity index (χ2v) is 4.66. The molecule has 17 heavy (non-hydrogen) atoms. The van der Waals surface area contributed by atoms with Crippen molar-refractivity contribution < 1.29 is 22.9 Å². The lowest BCUT2D eigenvalue weighted by Gasteiger charge is -2.11. The SMILES string of the molecule is Nc1cccc(S(=O)(=O)O)c1NCCC(=O)O. The van der Waals surface area contributed by atoms with Crippen molar-refractivity contribution in [2.24, 2.45) is 0 Å². The van der Waals surface area contributed by atoms with Crippen LogP contribution in [0.25, 0.3) is 0 Å². The zero-order valence-corrected chi connectivity index (χ0v) is 9.57. The highest BCUT2D eigenvalue weighted by Gasteiger charge is 2.17. The Labute approximate surface area is 98.0 Å². The molecule has 0 amide bonds. The van der Waals surface area contributed by atoms with Gasteiger partial charge in [0.2, 0.25) is 0 Å². The van der Waals surface area contributed by atoms with Gasteiger partial charge in [0.15, 0.2) is 0 Å². The minimum absolute atomic E-state index is 0.00602. The molecule has 8 heteroatoms. The maximum absolute atomic E-state index is 11.0. The Morgan fingerprint density at radius 1 is 1.41 bits per heavy atom. The van der Waals surface area contributed by atoms with Gasteiger partial charge in [0.1, 0.15) is 4.90 Å². The first-order chi connectivity index (χ1) is 7.82. The minimum Gasteiger partial charge on any atom is -0.481 e. The number of hydrogen-bond acceptors (Lipinski definition) is 5. The van der Waals surface area contributed by atoms with E-state index < -0.39 is 16.1 Å². The fourth-order valence-corrected chi connectivity index (χ4v) is 1.95. The number of carbonyl (C=O) groups is 1. The number of nitrogens with two attached hydrogens (primary N) is 1. The predicted octanol–water partition coefficient (Wildman–Crippen LogP) is 0.402. The topological polar surface area (TPSA) is 130 Å². The van der Waals surface area contributed by atoms with Crippen molar-refractivity contribution in [3.05, 3.63) is 18.2 Å².